The Balaban J connectivity index is 2.27. The Morgan fingerprint density at radius 3 is 2.46 bits per heavy atom. The highest BCUT2D eigenvalue weighted by Crippen LogP contribution is 2.36. The number of nitrogens with zero attached hydrogens (tertiary/aromatic N) is 1. The minimum Gasteiger partial charge on any atom is -0.465 e. The normalized spacial score (nSPS) is 23.5. The van der Waals surface area contributed by atoms with E-state index in [4.69, 9.17) is 30.5 Å². The number of ether oxygens (including phenoxy) is 4. The number of cyclic esters (lactones) is 1. The number of alkyl carbamates (subject to hydrolysis) is 1. The number of imide groups is 4. The van der Waals surface area contributed by atoms with Crippen molar-refractivity contribution < 1.29 is 57.6 Å². The molecule has 0 aromatic rings. The first-order chi connectivity index (χ1) is 23.7. The van der Waals surface area contributed by atoms with E-state index in [9.17, 15) is 38.7 Å². The molecule has 0 bridgehead atoms. The average Bonchev–Trinajstić information content (AvgIpc) is 3.81. The second kappa shape index (κ2) is 21.8. The van der Waals surface area contributed by atoms with E-state index in [0.29, 0.717) is 16.9 Å². The van der Waals surface area contributed by atoms with E-state index in [2.05, 4.69) is 6.92 Å². The van der Waals surface area contributed by atoms with E-state index in [1.807, 2.05) is 5.32 Å². The van der Waals surface area contributed by atoms with Crippen LogP contribution in [0.3, 0.4) is 0 Å². The molecule has 2 rings (SSSR count). The Hall–Kier alpha value is -4.14. The highest BCUT2D eigenvalue weighted by Gasteiger charge is 2.53. The second-order valence-electron chi connectivity index (χ2n) is 11.9. The number of aliphatic hydroxyl groups is 1. The number of carbonyl (C=O) groups is 7. The largest absolute Gasteiger partial charge is 0.465 e. The fourth-order valence-electron chi connectivity index (χ4n) is 4.99. The van der Waals surface area contributed by atoms with Crippen molar-refractivity contribution in [3.05, 3.63) is 48.1 Å². The zero-order chi connectivity index (χ0) is 37.2. The van der Waals surface area contributed by atoms with Gasteiger partial charge in [-0.15, -0.1) is 11.6 Å². The predicted octanol–water partition coefficient (Wildman–Crippen LogP) is 3.88. The van der Waals surface area contributed by atoms with Crippen LogP contribution in [0.25, 0.3) is 0 Å². The third kappa shape index (κ3) is 15.2. The number of alkyl halides is 1. The van der Waals surface area contributed by atoms with Gasteiger partial charge in [-0.25, -0.2) is 14.5 Å². The van der Waals surface area contributed by atoms with Gasteiger partial charge in [0.05, 0.1) is 18.1 Å². The van der Waals surface area contributed by atoms with E-state index in [-0.39, 0.29) is 31.8 Å². The van der Waals surface area contributed by atoms with Gasteiger partial charge in [0.25, 0.3) is 11.8 Å². The zero-order valence-electron chi connectivity index (χ0n) is 28.8. The Bertz CT molecular complexity index is 1360. The highest BCUT2D eigenvalue weighted by molar-refractivity contribution is 6.22. The topological polar surface area (TPSA) is 195 Å². The smallest absolute Gasteiger partial charge is 0.414 e. The number of allylic oxidation sites excluding steroid dienone is 3. The van der Waals surface area contributed by atoms with Crippen LogP contribution in [0.4, 0.5) is 4.79 Å². The predicted molar refractivity (Wildman–Crippen MR) is 180 cm³/mol. The summed E-state index contributed by atoms with van der Waals surface area (Å²) in [6.07, 6.45) is 6.79. The molecule has 50 heavy (non-hydrogen) atoms. The summed E-state index contributed by atoms with van der Waals surface area (Å²) in [7, 11) is 0. The lowest BCUT2D eigenvalue weighted by Gasteiger charge is -2.30. The van der Waals surface area contributed by atoms with Crippen molar-refractivity contribution in [2.45, 2.75) is 121 Å². The maximum absolute atomic E-state index is 12.9. The number of halogens is 1. The SMILES string of the molecule is CCCCCCCC(=O)OCCC=CC(Cl)C(O)C1OC(=O)C=C/C=C/C(=O)N(C(C)=O)C(=O)C=C(C)CCC2OC2C1OC(=O)NC(C)=O. The molecule has 276 valence electrons. The minimum absolute atomic E-state index is 0.0847. The van der Waals surface area contributed by atoms with Gasteiger partial charge in [-0.2, -0.15) is 0 Å². The molecule has 0 spiro atoms. The van der Waals surface area contributed by atoms with Gasteiger partial charge in [0.2, 0.25) is 11.8 Å². The average molecular weight is 723 g/mol. The van der Waals surface area contributed by atoms with Crippen LogP contribution in [0, 0.1) is 0 Å². The van der Waals surface area contributed by atoms with Crippen molar-refractivity contribution in [3.8, 4) is 0 Å². The number of unbranched alkanes of at least 4 members (excludes halogenated alkanes) is 4. The van der Waals surface area contributed by atoms with E-state index in [1.165, 1.54) is 6.08 Å². The number of esters is 2. The first-order valence-corrected chi connectivity index (χ1v) is 17.1. The van der Waals surface area contributed by atoms with Gasteiger partial charge in [-0.05, 0) is 32.6 Å². The van der Waals surface area contributed by atoms with Crippen LogP contribution < -0.4 is 5.32 Å². The van der Waals surface area contributed by atoms with Crippen molar-refractivity contribution in [1.82, 2.24) is 10.2 Å². The van der Waals surface area contributed by atoms with Crippen molar-refractivity contribution in [2.75, 3.05) is 6.61 Å². The molecule has 0 saturated carbocycles. The van der Waals surface area contributed by atoms with Crippen LogP contribution in [0.2, 0.25) is 0 Å². The molecular formula is C35H47ClN2O12. The van der Waals surface area contributed by atoms with Gasteiger partial charge < -0.3 is 24.1 Å². The molecule has 6 atom stereocenters. The van der Waals surface area contributed by atoms with Crippen LogP contribution >= 0.6 is 11.6 Å². The number of aliphatic hydroxyl groups excluding tert-OH is 1. The van der Waals surface area contributed by atoms with Gasteiger partial charge in [0.15, 0.2) is 12.2 Å². The molecule has 6 unspecified atom stereocenters. The summed E-state index contributed by atoms with van der Waals surface area (Å²) in [5.74, 6) is -4.68. The number of carbonyl (C=O) groups excluding carboxylic acids is 7. The van der Waals surface area contributed by atoms with Gasteiger partial charge in [-0.1, -0.05) is 62.5 Å². The molecule has 5 amide bonds. The molecule has 0 aliphatic carbocycles. The van der Waals surface area contributed by atoms with Crippen molar-refractivity contribution in [2.24, 2.45) is 0 Å². The lowest BCUT2D eigenvalue weighted by Crippen LogP contribution is -2.51. The molecule has 0 aromatic carbocycles. The number of nitrogens with one attached hydrogen (secondary N) is 1. The monoisotopic (exact) mass is 722 g/mol. The first kappa shape index (κ1) is 42.0. The lowest BCUT2D eigenvalue weighted by atomic mass is 9.98. The van der Waals surface area contributed by atoms with Gasteiger partial charge in [0, 0.05) is 38.5 Å². The van der Waals surface area contributed by atoms with Crippen molar-refractivity contribution in [3.63, 3.8) is 0 Å². The van der Waals surface area contributed by atoms with E-state index in [1.54, 1.807) is 13.0 Å². The molecule has 2 aliphatic rings. The number of amides is 5. The quantitative estimate of drug-likeness (QED) is 0.0531. The molecule has 0 radical (unpaired) electrons. The standard InChI is InChI=1S/C35H47ClN2O12/c1-5-6-7-8-9-16-29(43)47-20-13-12-14-25(36)31(45)33-34(50-35(46)37-23(3)39)32-26(48-32)19-18-22(2)21-28(42)38(24(4)40)27(41)15-10-11-17-30(44)49-33/h10-12,14-15,17,21,25-26,31-34,45H,5-9,13,16,18-20H2,1-4H3,(H,37,39,46)/b14-12?,15-10+,17-11?,22-21?. The van der Waals surface area contributed by atoms with Crippen LogP contribution in [0.1, 0.15) is 85.5 Å². The summed E-state index contributed by atoms with van der Waals surface area (Å²) >= 11 is 6.51. The van der Waals surface area contributed by atoms with Gasteiger partial charge >= 0.3 is 18.0 Å². The van der Waals surface area contributed by atoms with Gasteiger partial charge in [0.1, 0.15) is 12.2 Å². The third-order valence-corrected chi connectivity index (χ3v) is 7.99. The van der Waals surface area contributed by atoms with E-state index < -0.39 is 71.6 Å². The molecule has 0 aromatic heterocycles. The summed E-state index contributed by atoms with van der Waals surface area (Å²) in [6, 6.07) is 0. The molecule has 1 fully saturated rings. The summed E-state index contributed by atoms with van der Waals surface area (Å²) in [5.41, 5.74) is 0.509. The van der Waals surface area contributed by atoms with Crippen LogP contribution in [0.15, 0.2) is 48.1 Å². The van der Waals surface area contributed by atoms with Crippen molar-refractivity contribution >= 4 is 53.3 Å². The first-order valence-electron chi connectivity index (χ1n) is 16.6. The van der Waals surface area contributed by atoms with Crippen LogP contribution in [-0.4, -0.2) is 94.2 Å². The summed E-state index contributed by atoms with van der Waals surface area (Å²) < 4.78 is 22.0. The third-order valence-electron chi connectivity index (χ3n) is 7.59. The van der Waals surface area contributed by atoms with Crippen LogP contribution in [0.5, 0.6) is 0 Å². The number of fused-ring (bicyclic) bond motifs is 1. The zero-order valence-corrected chi connectivity index (χ0v) is 29.6. The molecule has 1 saturated heterocycles. The number of hydrogen-bond acceptors (Lipinski definition) is 12. The van der Waals surface area contributed by atoms with E-state index >= 15 is 0 Å². The Morgan fingerprint density at radius 1 is 1.08 bits per heavy atom. The molecule has 14 nitrogen and oxygen atoms in total. The Morgan fingerprint density at radius 2 is 1.78 bits per heavy atom. The maximum Gasteiger partial charge on any atom is 0.414 e. The number of epoxide rings is 1. The highest BCUT2D eigenvalue weighted by atomic mass is 35.5. The lowest BCUT2D eigenvalue weighted by molar-refractivity contribution is -0.160. The number of rotatable bonds is 13. The Labute approximate surface area is 296 Å². The fourth-order valence-corrected chi connectivity index (χ4v) is 5.24. The van der Waals surface area contributed by atoms with Gasteiger partial charge in [-0.3, -0.25) is 29.3 Å². The summed E-state index contributed by atoms with van der Waals surface area (Å²) in [5, 5.41) is 12.1. The van der Waals surface area contributed by atoms with Crippen molar-refractivity contribution in [1.29, 1.82) is 0 Å². The number of hydrogen-bond donors (Lipinski definition) is 2. The summed E-state index contributed by atoms with van der Waals surface area (Å²) in [4.78, 5) is 86.8. The fraction of sp³-hybridized carbons (Fsp3) is 0.571. The maximum atomic E-state index is 12.9. The molecule has 15 heteroatoms. The van der Waals surface area contributed by atoms with Crippen LogP contribution in [-0.2, 0) is 47.7 Å². The summed E-state index contributed by atoms with van der Waals surface area (Å²) in [6.45, 7) is 5.96. The molecule has 2 N–H and O–H groups in total. The molecule has 2 aliphatic heterocycles. The Kier molecular flexibility index (Phi) is 18.4. The second-order valence-corrected chi connectivity index (χ2v) is 12.4. The minimum atomic E-state index is -1.68. The molecular weight excluding hydrogens is 676 g/mol. The van der Waals surface area contributed by atoms with E-state index in [0.717, 1.165) is 76.3 Å². The molecule has 2 heterocycles.